The molecule has 2 heterocycles. The number of aromatic nitrogens is 1. The Morgan fingerprint density at radius 1 is 1.16 bits per heavy atom. The van der Waals surface area contributed by atoms with Crippen molar-refractivity contribution in [3.8, 4) is 11.5 Å². The van der Waals surface area contributed by atoms with E-state index in [1.54, 1.807) is 0 Å². The van der Waals surface area contributed by atoms with Crippen molar-refractivity contribution in [3.63, 3.8) is 0 Å². The van der Waals surface area contributed by atoms with Crippen molar-refractivity contribution in [3.05, 3.63) is 65.9 Å². The zero-order valence-electron chi connectivity index (χ0n) is 13.9. The van der Waals surface area contributed by atoms with Crippen LogP contribution in [0.3, 0.4) is 0 Å². The van der Waals surface area contributed by atoms with E-state index in [0.717, 1.165) is 16.7 Å². The van der Waals surface area contributed by atoms with E-state index in [1.807, 2.05) is 61.5 Å². The topological polar surface area (TPSA) is 60.5 Å². The number of nitrogens with one attached hydrogen (secondary N) is 1. The summed E-state index contributed by atoms with van der Waals surface area (Å²) in [7, 11) is 0. The predicted octanol–water partition coefficient (Wildman–Crippen LogP) is 3.11. The second-order valence-corrected chi connectivity index (χ2v) is 6.02. The van der Waals surface area contributed by atoms with Gasteiger partial charge in [0.05, 0.1) is 23.3 Å². The third-order valence-electron chi connectivity index (χ3n) is 4.22. The second kappa shape index (κ2) is 6.43. The number of para-hydroxylation sites is 3. The summed E-state index contributed by atoms with van der Waals surface area (Å²) < 4.78 is 11.5. The van der Waals surface area contributed by atoms with Gasteiger partial charge in [0.2, 0.25) is 0 Å². The van der Waals surface area contributed by atoms with Gasteiger partial charge in [-0.3, -0.25) is 9.78 Å². The quantitative estimate of drug-likeness (QED) is 0.799. The highest BCUT2D eigenvalue weighted by Crippen LogP contribution is 2.30. The van der Waals surface area contributed by atoms with Crippen molar-refractivity contribution in [2.45, 2.75) is 13.0 Å². The Hall–Kier alpha value is -3.08. The molecule has 2 aromatic carbocycles. The molecule has 0 bridgehead atoms. The minimum absolute atomic E-state index is 0.154. The van der Waals surface area contributed by atoms with Gasteiger partial charge in [0, 0.05) is 5.39 Å². The molecule has 0 saturated carbocycles. The molecule has 1 N–H and O–H groups in total. The molecule has 0 fully saturated rings. The molecule has 1 aliphatic rings. The van der Waals surface area contributed by atoms with Crippen LogP contribution in [0.4, 0.5) is 0 Å². The lowest BCUT2D eigenvalue weighted by atomic mass is 10.1. The van der Waals surface area contributed by atoms with Crippen molar-refractivity contribution in [1.82, 2.24) is 10.3 Å². The van der Waals surface area contributed by atoms with Crippen LogP contribution in [0.25, 0.3) is 10.9 Å². The largest absolute Gasteiger partial charge is 0.486 e. The number of rotatable bonds is 3. The molecule has 5 nitrogen and oxygen atoms in total. The summed E-state index contributed by atoms with van der Waals surface area (Å²) in [6.45, 7) is 2.63. The van der Waals surface area contributed by atoms with Crippen LogP contribution in [0.15, 0.2) is 54.6 Å². The Labute approximate surface area is 145 Å². The Balaban J connectivity index is 1.45. The normalized spacial score (nSPS) is 15.8. The summed E-state index contributed by atoms with van der Waals surface area (Å²) >= 11 is 0. The van der Waals surface area contributed by atoms with E-state index in [-0.39, 0.29) is 12.0 Å². The number of carbonyl (C=O) groups is 1. The standard InChI is InChI=1S/C20H18N2O3/c1-13-16(10-14-6-2-3-7-17(14)22-13)20(23)21-11-15-12-24-18-8-4-5-9-19(18)25-15/h2-10,15H,11-12H2,1H3,(H,21,23). The van der Waals surface area contributed by atoms with Crippen molar-refractivity contribution < 1.29 is 14.3 Å². The lowest BCUT2D eigenvalue weighted by Crippen LogP contribution is -2.40. The minimum Gasteiger partial charge on any atom is -0.486 e. The first kappa shape index (κ1) is 15.4. The summed E-state index contributed by atoms with van der Waals surface area (Å²) in [5.41, 5.74) is 2.18. The number of hydrogen-bond donors (Lipinski definition) is 1. The molecule has 1 aromatic heterocycles. The van der Waals surface area contributed by atoms with E-state index in [1.165, 1.54) is 0 Å². The van der Waals surface area contributed by atoms with E-state index < -0.39 is 0 Å². The molecule has 0 aliphatic carbocycles. The molecule has 4 rings (SSSR count). The fraction of sp³-hybridized carbons (Fsp3) is 0.200. The Bertz CT molecular complexity index is 939. The predicted molar refractivity (Wildman–Crippen MR) is 95.2 cm³/mol. The summed E-state index contributed by atoms with van der Waals surface area (Å²) in [6, 6.07) is 17.2. The molecule has 126 valence electrons. The van der Waals surface area contributed by atoms with Crippen LogP contribution in [0.5, 0.6) is 11.5 Å². The Kier molecular flexibility index (Phi) is 3.98. The number of nitrogens with zero attached hydrogens (tertiary/aromatic N) is 1. The van der Waals surface area contributed by atoms with Gasteiger partial charge in [-0.2, -0.15) is 0 Å². The molecule has 1 amide bonds. The van der Waals surface area contributed by atoms with Crippen LogP contribution >= 0.6 is 0 Å². The van der Waals surface area contributed by atoms with E-state index in [0.29, 0.717) is 30.2 Å². The van der Waals surface area contributed by atoms with Gasteiger partial charge in [-0.15, -0.1) is 0 Å². The van der Waals surface area contributed by atoms with Crippen LogP contribution < -0.4 is 14.8 Å². The van der Waals surface area contributed by atoms with Gasteiger partial charge in [-0.25, -0.2) is 0 Å². The SMILES string of the molecule is Cc1nc2ccccc2cc1C(=O)NCC1COc2ccccc2O1. The molecular formula is C20H18N2O3. The van der Waals surface area contributed by atoms with Crippen LogP contribution in [-0.2, 0) is 0 Å². The fourth-order valence-electron chi connectivity index (χ4n) is 2.91. The lowest BCUT2D eigenvalue weighted by Gasteiger charge is -2.26. The maximum atomic E-state index is 12.5. The minimum atomic E-state index is -0.215. The lowest BCUT2D eigenvalue weighted by molar-refractivity contribution is 0.0788. The molecule has 0 saturated heterocycles. The maximum Gasteiger partial charge on any atom is 0.253 e. The van der Waals surface area contributed by atoms with Gasteiger partial charge in [0.1, 0.15) is 12.7 Å². The smallest absolute Gasteiger partial charge is 0.253 e. The van der Waals surface area contributed by atoms with Gasteiger partial charge < -0.3 is 14.8 Å². The average Bonchev–Trinajstić information content (AvgIpc) is 2.65. The van der Waals surface area contributed by atoms with Crippen LogP contribution in [-0.4, -0.2) is 30.1 Å². The van der Waals surface area contributed by atoms with Gasteiger partial charge in [-0.05, 0) is 31.2 Å². The fourth-order valence-corrected chi connectivity index (χ4v) is 2.91. The third kappa shape index (κ3) is 3.13. The molecule has 1 atom stereocenters. The van der Waals surface area contributed by atoms with Crippen molar-refractivity contribution in [1.29, 1.82) is 0 Å². The number of benzene rings is 2. The highest BCUT2D eigenvalue weighted by atomic mass is 16.6. The number of carbonyl (C=O) groups excluding carboxylic acids is 1. The number of hydrogen-bond acceptors (Lipinski definition) is 4. The number of amides is 1. The van der Waals surface area contributed by atoms with E-state index >= 15 is 0 Å². The number of aryl methyl sites for hydroxylation is 1. The molecule has 1 aliphatic heterocycles. The molecule has 5 heteroatoms. The van der Waals surface area contributed by atoms with Crippen molar-refractivity contribution in [2.75, 3.05) is 13.2 Å². The number of ether oxygens (including phenoxy) is 2. The first-order valence-electron chi connectivity index (χ1n) is 8.24. The highest BCUT2D eigenvalue weighted by molar-refractivity contribution is 5.98. The molecular weight excluding hydrogens is 316 g/mol. The van der Waals surface area contributed by atoms with E-state index in [9.17, 15) is 4.79 Å². The van der Waals surface area contributed by atoms with Gasteiger partial charge in [0.15, 0.2) is 11.5 Å². The monoisotopic (exact) mass is 334 g/mol. The molecule has 0 spiro atoms. The number of fused-ring (bicyclic) bond motifs is 2. The van der Waals surface area contributed by atoms with Crippen molar-refractivity contribution >= 4 is 16.8 Å². The van der Waals surface area contributed by atoms with E-state index in [4.69, 9.17) is 9.47 Å². The van der Waals surface area contributed by atoms with Gasteiger partial charge in [-0.1, -0.05) is 30.3 Å². The molecule has 1 unspecified atom stereocenters. The number of pyridine rings is 1. The summed E-state index contributed by atoms with van der Waals surface area (Å²) in [6.07, 6.45) is -0.215. The maximum absolute atomic E-state index is 12.5. The zero-order chi connectivity index (χ0) is 17.2. The van der Waals surface area contributed by atoms with Crippen LogP contribution in [0.2, 0.25) is 0 Å². The molecule has 0 radical (unpaired) electrons. The van der Waals surface area contributed by atoms with Gasteiger partial charge >= 0.3 is 0 Å². The van der Waals surface area contributed by atoms with Crippen LogP contribution in [0, 0.1) is 6.92 Å². The van der Waals surface area contributed by atoms with Gasteiger partial charge in [0.25, 0.3) is 5.91 Å². The average molecular weight is 334 g/mol. The first-order valence-corrected chi connectivity index (χ1v) is 8.24. The summed E-state index contributed by atoms with van der Waals surface area (Å²) in [4.78, 5) is 17.1. The zero-order valence-corrected chi connectivity index (χ0v) is 13.9. The summed E-state index contributed by atoms with van der Waals surface area (Å²) in [5, 5.41) is 3.87. The highest BCUT2D eigenvalue weighted by Gasteiger charge is 2.21. The van der Waals surface area contributed by atoms with Crippen LogP contribution in [0.1, 0.15) is 16.1 Å². The Morgan fingerprint density at radius 2 is 1.92 bits per heavy atom. The third-order valence-corrected chi connectivity index (χ3v) is 4.22. The second-order valence-electron chi connectivity index (χ2n) is 6.02. The van der Waals surface area contributed by atoms with Crippen molar-refractivity contribution in [2.24, 2.45) is 0 Å². The summed E-state index contributed by atoms with van der Waals surface area (Å²) in [5.74, 6) is 1.29. The Morgan fingerprint density at radius 3 is 2.80 bits per heavy atom. The first-order chi connectivity index (χ1) is 12.2. The molecule has 3 aromatic rings. The van der Waals surface area contributed by atoms with E-state index in [2.05, 4.69) is 10.3 Å². The molecule has 25 heavy (non-hydrogen) atoms.